The largest absolute Gasteiger partial charge is 0.481 e. The number of carboxylic acid groups (broad SMARTS) is 1. The summed E-state index contributed by atoms with van der Waals surface area (Å²) in [6, 6.07) is 25.2. The van der Waals surface area contributed by atoms with E-state index >= 15 is 0 Å². The molecule has 0 spiro atoms. The lowest BCUT2D eigenvalue weighted by Gasteiger charge is -2.37. The molecule has 2 amide bonds. The Morgan fingerprint density at radius 1 is 0.870 bits per heavy atom. The monoisotopic (exact) mass is 621 g/mol. The third kappa shape index (κ3) is 7.51. The highest BCUT2D eigenvalue weighted by Crippen LogP contribution is 2.35. The van der Waals surface area contributed by atoms with Crippen LogP contribution in [0.2, 0.25) is 0 Å². The first kappa shape index (κ1) is 30.8. The molecular weight excluding hydrogens is 585 g/mol. The van der Waals surface area contributed by atoms with Gasteiger partial charge in [0.15, 0.2) is 0 Å². The van der Waals surface area contributed by atoms with Gasteiger partial charge in [0, 0.05) is 56.9 Å². The molecule has 1 aromatic heterocycles. The number of anilines is 3. The minimum absolute atomic E-state index is 0.00139. The van der Waals surface area contributed by atoms with Gasteiger partial charge in [-0.05, 0) is 78.1 Å². The van der Waals surface area contributed by atoms with Crippen LogP contribution in [0.5, 0.6) is 0 Å². The number of aromatic nitrogens is 1. The highest BCUT2D eigenvalue weighted by Gasteiger charge is 2.33. The minimum Gasteiger partial charge on any atom is -0.481 e. The molecule has 1 saturated carbocycles. The van der Waals surface area contributed by atoms with Crippen LogP contribution in [-0.4, -0.2) is 65.5 Å². The van der Waals surface area contributed by atoms with E-state index < -0.39 is 17.7 Å². The predicted molar refractivity (Wildman–Crippen MR) is 175 cm³/mol. The molecule has 3 aromatic carbocycles. The van der Waals surface area contributed by atoms with E-state index in [9.17, 15) is 23.9 Å². The molecule has 0 radical (unpaired) electrons. The Bertz CT molecular complexity index is 1720. The Morgan fingerprint density at radius 3 is 2.35 bits per heavy atom. The first-order chi connectivity index (χ1) is 22.3. The summed E-state index contributed by atoms with van der Waals surface area (Å²) in [5.41, 5.74) is 4.33. The zero-order chi connectivity index (χ0) is 32.0. The second kappa shape index (κ2) is 13.8. The first-order valence-electron chi connectivity index (χ1n) is 15.6. The van der Waals surface area contributed by atoms with Crippen LogP contribution in [0, 0.1) is 11.7 Å². The number of carbonyl (C=O) groups is 3. The van der Waals surface area contributed by atoms with Crippen molar-refractivity contribution in [1.82, 2.24) is 9.88 Å². The van der Waals surface area contributed by atoms with Crippen molar-refractivity contribution in [2.45, 2.75) is 25.8 Å². The van der Waals surface area contributed by atoms with Crippen molar-refractivity contribution in [3.63, 3.8) is 0 Å². The molecule has 1 aliphatic carbocycles. The molecule has 2 heterocycles. The van der Waals surface area contributed by atoms with E-state index in [2.05, 4.69) is 20.1 Å². The fourth-order valence-electron chi connectivity index (χ4n) is 5.79. The number of hydrogen-bond donors (Lipinski definition) is 2. The normalized spacial score (nSPS) is 14.5. The molecule has 2 aliphatic rings. The summed E-state index contributed by atoms with van der Waals surface area (Å²) in [6.45, 7) is 3.43. The Labute approximate surface area is 267 Å². The number of carbonyl (C=O) groups excluding carboxylic acids is 2. The molecule has 1 aliphatic heterocycles. The summed E-state index contributed by atoms with van der Waals surface area (Å²) in [7, 11) is 0. The van der Waals surface area contributed by atoms with Gasteiger partial charge < -0.3 is 25.1 Å². The molecule has 10 heteroatoms. The number of rotatable bonds is 11. The number of carboxylic acids is 1. The van der Waals surface area contributed by atoms with Crippen molar-refractivity contribution in [1.29, 1.82) is 0 Å². The van der Waals surface area contributed by atoms with E-state index in [4.69, 9.17) is 0 Å². The summed E-state index contributed by atoms with van der Waals surface area (Å²) in [6.07, 6.45) is 3.37. The van der Waals surface area contributed by atoms with Gasteiger partial charge in [0.25, 0.3) is 5.91 Å². The van der Waals surface area contributed by atoms with Crippen LogP contribution in [0.1, 0.15) is 35.2 Å². The van der Waals surface area contributed by atoms with Crippen molar-refractivity contribution >= 4 is 35.0 Å². The molecule has 0 unspecified atom stereocenters. The first-order valence-corrected chi connectivity index (χ1v) is 15.6. The average molecular weight is 622 g/mol. The molecule has 6 rings (SSSR count). The quantitative estimate of drug-likeness (QED) is 0.222. The predicted octanol–water partition coefficient (Wildman–Crippen LogP) is 5.68. The van der Waals surface area contributed by atoms with Crippen molar-refractivity contribution in [2.75, 3.05) is 47.8 Å². The molecule has 236 valence electrons. The van der Waals surface area contributed by atoms with Gasteiger partial charge in [-0.3, -0.25) is 14.4 Å². The topological polar surface area (TPSA) is 106 Å². The van der Waals surface area contributed by atoms with Gasteiger partial charge >= 0.3 is 5.97 Å². The van der Waals surface area contributed by atoms with E-state index in [1.54, 1.807) is 17.2 Å². The lowest BCUT2D eigenvalue weighted by Crippen LogP contribution is -2.47. The smallest absolute Gasteiger partial charge is 0.305 e. The highest BCUT2D eigenvalue weighted by molar-refractivity contribution is 6.06. The van der Waals surface area contributed by atoms with Crippen molar-refractivity contribution < 1.29 is 23.9 Å². The van der Waals surface area contributed by atoms with Gasteiger partial charge in [-0.2, -0.15) is 0 Å². The lowest BCUT2D eigenvalue weighted by atomic mass is 10.0. The van der Waals surface area contributed by atoms with Crippen molar-refractivity contribution in [3.8, 4) is 11.1 Å². The SMILES string of the molecule is O=C(O)CCN(Cc1cccc(-c2ccc(N3CCN(c4ccccn4)CC3)c(NC(=O)c3cccc(F)c3)c2)c1)C(=O)C1CC1. The zero-order valence-corrected chi connectivity index (χ0v) is 25.4. The van der Waals surface area contributed by atoms with Crippen LogP contribution >= 0.6 is 0 Å². The van der Waals surface area contributed by atoms with E-state index in [0.29, 0.717) is 12.2 Å². The van der Waals surface area contributed by atoms with E-state index in [0.717, 1.165) is 67.2 Å². The summed E-state index contributed by atoms with van der Waals surface area (Å²) >= 11 is 0. The molecule has 0 bridgehead atoms. The van der Waals surface area contributed by atoms with Crippen LogP contribution in [0.4, 0.5) is 21.6 Å². The number of pyridine rings is 1. The molecular formula is C36H36FN5O4. The number of nitrogens with zero attached hydrogens (tertiary/aromatic N) is 4. The minimum atomic E-state index is -0.937. The molecule has 1 saturated heterocycles. The van der Waals surface area contributed by atoms with E-state index in [1.807, 2.05) is 60.7 Å². The fourth-order valence-corrected chi connectivity index (χ4v) is 5.79. The summed E-state index contributed by atoms with van der Waals surface area (Å²) in [4.78, 5) is 48.0. The van der Waals surface area contributed by atoms with Crippen LogP contribution < -0.4 is 15.1 Å². The zero-order valence-electron chi connectivity index (χ0n) is 25.4. The molecule has 9 nitrogen and oxygen atoms in total. The summed E-state index contributed by atoms with van der Waals surface area (Å²) in [5.74, 6) is -0.917. The van der Waals surface area contributed by atoms with Crippen molar-refractivity contribution in [2.24, 2.45) is 5.92 Å². The van der Waals surface area contributed by atoms with Crippen LogP contribution in [0.3, 0.4) is 0 Å². The summed E-state index contributed by atoms with van der Waals surface area (Å²) in [5, 5.41) is 12.2. The standard InChI is InChI=1S/C36H36FN5O4/c37-30-8-4-7-29(22-30)35(45)39-31-23-28(12-13-32(31)40-17-19-41(20-18-40)33-9-1-2-15-38-33)27-6-3-5-25(21-27)24-42(16-14-34(43)44)36(46)26-10-11-26/h1-9,12-13,15,21-23,26H,10-11,14,16-20,24H2,(H,39,45)(H,43,44). The maximum atomic E-state index is 14.0. The van der Waals surface area contributed by atoms with Gasteiger partial charge in [-0.25, -0.2) is 9.37 Å². The second-order valence-corrected chi connectivity index (χ2v) is 11.7. The van der Waals surface area contributed by atoms with Crippen LogP contribution in [0.15, 0.2) is 91.1 Å². The second-order valence-electron chi connectivity index (χ2n) is 11.7. The number of nitrogens with one attached hydrogen (secondary N) is 1. The third-order valence-electron chi connectivity index (χ3n) is 8.39. The number of piperazine rings is 1. The highest BCUT2D eigenvalue weighted by atomic mass is 19.1. The Kier molecular flexibility index (Phi) is 9.23. The Balaban J connectivity index is 1.26. The number of aliphatic carboxylic acids is 1. The number of benzene rings is 3. The van der Waals surface area contributed by atoms with Crippen LogP contribution in [0.25, 0.3) is 11.1 Å². The molecule has 2 N–H and O–H groups in total. The Morgan fingerprint density at radius 2 is 1.63 bits per heavy atom. The van der Waals surface area contributed by atoms with Gasteiger partial charge in [0.1, 0.15) is 11.6 Å². The van der Waals surface area contributed by atoms with Gasteiger partial charge in [0.2, 0.25) is 5.91 Å². The van der Waals surface area contributed by atoms with E-state index in [1.165, 1.54) is 18.2 Å². The average Bonchev–Trinajstić information content (AvgIpc) is 3.93. The molecule has 2 fully saturated rings. The lowest BCUT2D eigenvalue weighted by molar-refractivity contribution is -0.139. The maximum absolute atomic E-state index is 14.0. The molecule has 0 atom stereocenters. The molecule has 4 aromatic rings. The number of halogens is 1. The fraction of sp³-hybridized carbons (Fsp3) is 0.278. The van der Waals surface area contributed by atoms with Crippen molar-refractivity contribution in [3.05, 3.63) is 108 Å². The number of hydrogen-bond acceptors (Lipinski definition) is 6. The van der Waals surface area contributed by atoms with Gasteiger partial charge in [0.05, 0.1) is 17.8 Å². The van der Waals surface area contributed by atoms with Crippen LogP contribution in [-0.2, 0) is 16.1 Å². The Hall–Kier alpha value is -5.25. The van der Waals surface area contributed by atoms with Gasteiger partial charge in [-0.1, -0.05) is 36.4 Å². The van der Waals surface area contributed by atoms with Gasteiger partial charge in [-0.15, -0.1) is 0 Å². The summed E-state index contributed by atoms with van der Waals surface area (Å²) < 4.78 is 14.0. The molecule has 46 heavy (non-hydrogen) atoms. The maximum Gasteiger partial charge on any atom is 0.305 e. The number of amides is 2. The third-order valence-corrected chi connectivity index (χ3v) is 8.39. The van der Waals surface area contributed by atoms with E-state index in [-0.39, 0.29) is 30.4 Å².